The molecule has 2 aromatic carbocycles. The third kappa shape index (κ3) is 4.20. The summed E-state index contributed by atoms with van der Waals surface area (Å²) in [5, 5.41) is 16.1. The first-order valence-corrected chi connectivity index (χ1v) is 11.7. The molecule has 152 valence electrons. The first-order valence-electron chi connectivity index (χ1n) is 9.17. The van der Waals surface area contributed by atoms with E-state index in [9.17, 15) is 4.79 Å². The Morgan fingerprint density at radius 2 is 1.97 bits per heavy atom. The van der Waals surface area contributed by atoms with E-state index in [0.717, 1.165) is 31.8 Å². The van der Waals surface area contributed by atoms with E-state index in [4.69, 9.17) is 4.42 Å². The van der Waals surface area contributed by atoms with Crippen LogP contribution in [-0.2, 0) is 0 Å². The number of thiophene rings is 1. The summed E-state index contributed by atoms with van der Waals surface area (Å²) in [5.74, 6) is -0.0682. The molecule has 0 bridgehead atoms. The van der Waals surface area contributed by atoms with Gasteiger partial charge in [0.1, 0.15) is 5.58 Å². The van der Waals surface area contributed by atoms with Crippen LogP contribution in [-0.4, -0.2) is 21.8 Å². The molecular formula is C22H13BrN4O2S2. The SMILES string of the molecule is O=C(c1cc2cc(Br)ccc2o1)c1nn(-c2ccccc2)/c(=N\N=C\c2cccs2)s1. The Balaban J connectivity index is 1.57. The molecule has 5 aromatic rings. The van der Waals surface area contributed by atoms with Gasteiger partial charge in [-0.05, 0) is 47.8 Å². The lowest BCUT2D eigenvalue weighted by molar-refractivity contribution is 0.101. The smallest absolute Gasteiger partial charge is 0.258 e. The Labute approximate surface area is 192 Å². The van der Waals surface area contributed by atoms with E-state index in [1.165, 1.54) is 0 Å². The Hall–Kier alpha value is -3.14. The number of carbonyl (C=O) groups excluding carboxylic acids is 1. The summed E-state index contributed by atoms with van der Waals surface area (Å²) < 4.78 is 8.28. The molecular weight excluding hydrogens is 496 g/mol. The fourth-order valence-corrected chi connectivity index (χ4v) is 4.67. The number of benzene rings is 2. The molecule has 0 atom stereocenters. The van der Waals surface area contributed by atoms with Crippen LogP contribution in [0.15, 0.2) is 91.2 Å². The predicted octanol–water partition coefficient (Wildman–Crippen LogP) is 5.67. The highest BCUT2D eigenvalue weighted by Crippen LogP contribution is 2.25. The Morgan fingerprint density at radius 1 is 1.10 bits per heavy atom. The summed E-state index contributed by atoms with van der Waals surface area (Å²) in [4.78, 5) is 14.6. The van der Waals surface area contributed by atoms with E-state index in [0.29, 0.717) is 10.4 Å². The van der Waals surface area contributed by atoms with E-state index >= 15 is 0 Å². The topological polar surface area (TPSA) is 72.8 Å². The molecule has 5 rings (SSSR count). The van der Waals surface area contributed by atoms with Gasteiger partial charge < -0.3 is 4.42 Å². The van der Waals surface area contributed by atoms with Gasteiger partial charge in [-0.1, -0.05) is 51.5 Å². The molecule has 3 heterocycles. The monoisotopic (exact) mass is 508 g/mol. The quantitative estimate of drug-likeness (QED) is 0.174. The predicted molar refractivity (Wildman–Crippen MR) is 126 cm³/mol. The number of para-hydroxylation sites is 1. The second kappa shape index (κ2) is 8.54. The zero-order chi connectivity index (χ0) is 21.2. The number of halogens is 1. The zero-order valence-electron chi connectivity index (χ0n) is 15.8. The standard InChI is InChI=1S/C22H13BrN4O2S2/c23-15-8-9-18-14(11-15)12-19(29-18)20(28)21-26-27(16-5-2-1-3-6-16)22(31-21)25-24-13-17-7-4-10-30-17/h1-13H/b24-13+,25-22+. The molecule has 6 nitrogen and oxygen atoms in total. The molecule has 31 heavy (non-hydrogen) atoms. The largest absolute Gasteiger partial charge is 0.452 e. The van der Waals surface area contributed by atoms with Crippen LogP contribution in [0.2, 0.25) is 0 Å². The number of rotatable bonds is 5. The molecule has 0 aliphatic heterocycles. The van der Waals surface area contributed by atoms with Crippen LogP contribution in [0.25, 0.3) is 16.7 Å². The Bertz CT molecular complexity index is 1460. The van der Waals surface area contributed by atoms with Gasteiger partial charge in [0.25, 0.3) is 5.78 Å². The number of carbonyl (C=O) groups is 1. The molecule has 0 amide bonds. The van der Waals surface area contributed by atoms with E-state index in [1.54, 1.807) is 28.3 Å². The van der Waals surface area contributed by atoms with Crippen LogP contribution in [0.4, 0.5) is 0 Å². The van der Waals surface area contributed by atoms with Crippen molar-refractivity contribution >= 4 is 61.6 Å². The fraction of sp³-hybridized carbons (Fsp3) is 0. The number of ketones is 1. The number of aromatic nitrogens is 2. The minimum absolute atomic E-state index is 0.232. The van der Waals surface area contributed by atoms with Gasteiger partial charge in [-0.2, -0.15) is 10.2 Å². The zero-order valence-corrected chi connectivity index (χ0v) is 19.0. The first kappa shape index (κ1) is 19.8. The molecule has 3 aromatic heterocycles. The van der Waals surface area contributed by atoms with Crippen LogP contribution >= 0.6 is 38.6 Å². The molecule has 0 saturated carbocycles. The van der Waals surface area contributed by atoms with Gasteiger partial charge in [0.05, 0.1) is 11.9 Å². The minimum atomic E-state index is -0.300. The van der Waals surface area contributed by atoms with Crippen LogP contribution < -0.4 is 4.80 Å². The van der Waals surface area contributed by atoms with Crippen molar-refractivity contribution in [3.05, 3.63) is 97.0 Å². The summed E-state index contributed by atoms with van der Waals surface area (Å²) in [7, 11) is 0. The lowest BCUT2D eigenvalue weighted by Gasteiger charge is -1.98. The van der Waals surface area contributed by atoms with Gasteiger partial charge >= 0.3 is 0 Å². The van der Waals surface area contributed by atoms with Gasteiger partial charge in [0.15, 0.2) is 10.8 Å². The van der Waals surface area contributed by atoms with E-state index in [2.05, 4.69) is 31.2 Å². The molecule has 0 spiro atoms. The summed E-state index contributed by atoms with van der Waals surface area (Å²) in [6, 6.07) is 20.7. The van der Waals surface area contributed by atoms with Crippen LogP contribution in [0.5, 0.6) is 0 Å². The van der Waals surface area contributed by atoms with Crippen molar-refractivity contribution in [2.24, 2.45) is 10.2 Å². The van der Waals surface area contributed by atoms with E-state index < -0.39 is 0 Å². The number of hydrogen-bond acceptors (Lipinski definition) is 7. The molecule has 0 N–H and O–H groups in total. The second-order valence-electron chi connectivity index (χ2n) is 6.42. The van der Waals surface area contributed by atoms with Gasteiger partial charge in [-0.15, -0.1) is 16.4 Å². The van der Waals surface area contributed by atoms with Crippen LogP contribution in [0.3, 0.4) is 0 Å². The van der Waals surface area contributed by atoms with Crippen molar-refractivity contribution in [2.45, 2.75) is 0 Å². The molecule has 0 aliphatic rings. The highest BCUT2D eigenvalue weighted by Gasteiger charge is 2.20. The summed E-state index contributed by atoms with van der Waals surface area (Å²) >= 11 is 6.17. The highest BCUT2D eigenvalue weighted by molar-refractivity contribution is 9.10. The van der Waals surface area contributed by atoms with Crippen molar-refractivity contribution in [3.8, 4) is 5.69 Å². The summed E-state index contributed by atoms with van der Waals surface area (Å²) in [5.41, 5.74) is 1.43. The average molecular weight is 509 g/mol. The highest BCUT2D eigenvalue weighted by atomic mass is 79.9. The lowest BCUT2D eigenvalue weighted by Crippen LogP contribution is -2.14. The molecule has 0 unspecified atom stereocenters. The third-order valence-electron chi connectivity index (χ3n) is 4.33. The summed E-state index contributed by atoms with van der Waals surface area (Å²) in [6.07, 6.45) is 1.68. The maximum atomic E-state index is 13.1. The molecule has 0 fully saturated rings. The number of nitrogens with zero attached hydrogens (tertiary/aromatic N) is 4. The number of furan rings is 1. The summed E-state index contributed by atoms with van der Waals surface area (Å²) in [6.45, 7) is 0. The molecule has 0 radical (unpaired) electrons. The fourth-order valence-electron chi connectivity index (χ4n) is 2.91. The van der Waals surface area contributed by atoms with Gasteiger partial charge in [0, 0.05) is 14.7 Å². The van der Waals surface area contributed by atoms with Gasteiger partial charge in [0.2, 0.25) is 4.80 Å². The van der Waals surface area contributed by atoms with Crippen molar-refractivity contribution in [2.75, 3.05) is 0 Å². The molecule has 9 heteroatoms. The number of hydrogen-bond donors (Lipinski definition) is 0. The maximum absolute atomic E-state index is 13.1. The Kier molecular flexibility index (Phi) is 5.46. The van der Waals surface area contributed by atoms with Crippen molar-refractivity contribution in [3.63, 3.8) is 0 Å². The van der Waals surface area contributed by atoms with Crippen molar-refractivity contribution in [1.82, 2.24) is 9.78 Å². The van der Waals surface area contributed by atoms with Crippen molar-refractivity contribution < 1.29 is 9.21 Å². The molecule has 0 aliphatic carbocycles. The normalized spacial score (nSPS) is 12.2. The van der Waals surface area contributed by atoms with Crippen LogP contribution in [0, 0.1) is 0 Å². The first-order chi connectivity index (χ1) is 15.2. The van der Waals surface area contributed by atoms with Crippen LogP contribution in [0.1, 0.15) is 20.4 Å². The Morgan fingerprint density at radius 3 is 2.77 bits per heavy atom. The maximum Gasteiger partial charge on any atom is 0.258 e. The average Bonchev–Trinajstić information content (AvgIpc) is 3.53. The van der Waals surface area contributed by atoms with Gasteiger partial charge in [-0.3, -0.25) is 4.79 Å². The molecule has 0 saturated heterocycles. The minimum Gasteiger partial charge on any atom is -0.452 e. The third-order valence-corrected chi connectivity index (χ3v) is 6.53. The lowest BCUT2D eigenvalue weighted by atomic mass is 10.2. The van der Waals surface area contributed by atoms with E-state index in [-0.39, 0.29) is 16.6 Å². The second-order valence-corrected chi connectivity index (χ2v) is 9.27. The van der Waals surface area contributed by atoms with Gasteiger partial charge in [-0.25, -0.2) is 4.68 Å². The number of fused-ring (bicyclic) bond motifs is 1. The van der Waals surface area contributed by atoms with E-state index in [1.807, 2.05) is 66.0 Å². The van der Waals surface area contributed by atoms with Crippen molar-refractivity contribution in [1.29, 1.82) is 0 Å².